The molecule has 0 spiro atoms. The molecule has 21 heavy (non-hydrogen) atoms. The average molecular weight is 277 g/mol. The number of nitrogens with two attached hydrogens (primary N) is 1. The highest BCUT2D eigenvalue weighted by atomic mass is 15.1. The molecule has 0 saturated heterocycles. The van der Waals surface area contributed by atoms with Crippen LogP contribution < -0.4 is 5.73 Å². The van der Waals surface area contributed by atoms with Crippen LogP contribution in [-0.2, 0) is 19.4 Å². The van der Waals surface area contributed by atoms with Gasteiger partial charge >= 0.3 is 0 Å². The lowest BCUT2D eigenvalue weighted by molar-refractivity contribution is 0.808. The standard InChI is InChI=1S/C18H19N3/c19-18-20-17(12-11-15-7-3-1-4-8-15)14-21(18)13-16-9-5-2-6-10-16/h1-10,14H,11-13H2,(H2,19,20). The van der Waals surface area contributed by atoms with Crippen LogP contribution in [-0.4, -0.2) is 9.55 Å². The number of imidazole rings is 1. The van der Waals surface area contributed by atoms with Crippen molar-refractivity contribution >= 4 is 5.95 Å². The Kier molecular flexibility index (Phi) is 4.01. The molecule has 1 heterocycles. The Balaban J connectivity index is 1.67. The van der Waals surface area contributed by atoms with Gasteiger partial charge in [0.1, 0.15) is 0 Å². The van der Waals surface area contributed by atoms with Gasteiger partial charge in [-0.25, -0.2) is 4.98 Å². The van der Waals surface area contributed by atoms with Gasteiger partial charge in [0, 0.05) is 6.20 Å². The van der Waals surface area contributed by atoms with Crippen LogP contribution in [0.1, 0.15) is 16.8 Å². The highest BCUT2D eigenvalue weighted by Crippen LogP contribution is 2.12. The fourth-order valence-corrected chi connectivity index (χ4v) is 2.43. The summed E-state index contributed by atoms with van der Waals surface area (Å²) in [5.41, 5.74) is 9.62. The van der Waals surface area contributed by atoms with Gasteiger partial charge in [0.25, 0.3) is 0 Å². The van der Waals surface area contributed by atoms with Crippen LogP contribution in [0, 0.1) is 0 Å². The van der Waals surface area contributed by atoms with E-state index in [0.717, 1.165) is 25.1 Å². The lowest BCUT2D eigenvalue weighted by Gasteiger charge is -2.03. The molecule has 0 aliphatic heterocycles. The Morgan fingerprint density at radius 1 is 0.810 bits per heavy atom. The molecule has 0 atom stereocenters. The Morgan fingerprint density at radius 2 is 1.43 bits per heavy atom. The van der Waals surface area contributed by atoms with E-state index in [4.69, 9.17) is 5.73 Å². The highest BCUT2D eigenvalue weighted by Gasteiger charge is 2.05. The summed E-state index contributed by atoms with van der Waals surface area (Å²) in [5, 5.41) is 0. The third-order valence-electron chi connectivity index (χ3n) is 3.57. The molecule has 0 aliphatic carbocycles. The summed E-state index contributed by atoms with van der Waals surface area (Å²) in [6, 6.07) is 20.8. The van der Waals surface area contributed by atoms with Crippen molar-refractivity contribution in [1.82, 2.24) is 9.55 Å². The van der Waals surface area contributed by atoms with Gasteiger partial charge in [-0.3, -0.25) is 0 Å². The first-order chi connectivity index (χ1) is 10.3. The van der Waals surface area contributed by atoms with E-state index < -0.39 is 0 Å². The molecule has 106 valence electrons. The van der Waals surface area contributed by atoms with Gasteiger partial charge in [0.2, 0.25) is 5.95 Å². The van der Waals surface area contributed by atoms with Crippen molar-refractivity contribution in [2.75, 3.05) is 5.73 Å². The van der Waals surface area contributed by atoms with Gasteiger partial charge in [-0.1, -0.05) is 60.7 Å². The normalized spacial score (nSPS) is 10.7. The maximum absolute atomic E-state index is 6.01. The Labute approximate surface area is 125 Å². The Morgan fingerprint density at radius 3 is 2.10 bits per heavy atom. The topological polar surface area (TPSA) is 43.8 Å². The van der Waals surface area contributed by atoms with Crippen molar-refractivity contribution in [3.63, 3.8) is 0 Å². The number of aryl methyl sites for hydroxylation is 2. The van der Waals surface area contributed by atoms with E-state index in [1.165, 1.54) is 11.1 Å². The number of aromatic nitrogens is 2. The quantitative estimate of drug-likeness (QED) is 0.777. The molecule has 3 rings (SSSR count). The van der Waals surface area contributed by atoms with Gasteiger partial charge in [0.15, 0.2) is 0 Å². The van der Waals surface area contributed by atoms with E-state index in [1.807, 2.05) is 28.8 Å². The first-order valence-electron chi connectivity index (χ1n) is 7.20. The fourth-order valence-electron chi connectivity index (χ4n) is 2.43. The van der Waals surface area contributed by atoms with Crippen LogP contribution in [0.5, 0.6) is 0 Å². The molecular weight excluding hydrogens is 258 g/mol. The molecule has 0 bridgehead atoms. The minimum atomic E-state index is 0.585. The monoisotopic (exact) mass is 277 g/mol. The van der Waals surface area contributed by atoms with Gasteiger partial charge in [0.05, 0.1) is 12.2 Å². The summed E-state index contributed by atoms with van der Waals surface area (Å²) in [6.45, 7) is 0.769. The van der Waals surface area contributed by atoms with Crippen LogP contribution in [0.25, 0.3) is 0 Å². The summed E-state index contributed by atoms with van der Waals surface area (Å²) in [6.07, 6.45) is 3.96. The minimum absolute atomic E-state index is 0.585. The summed E-state index contributed by atoms with van der Waals surface area (Å²) >= 11 is 0. The molecule has 0 amide bonds. The SMILES string of the molecule is Nc1nc(CCc2ccccc2)cn1Cc1ccccc1. The smallest absolute Gasteiger partial charge is 0.200 e. The predicted molar refractivity (Wildman–Crippen MR) is 86.0 cm³/mol. The Hall–Kier alpha value is -2.55. The molecule has 1 aromatic heterocycles. The maximum Gasteiger partial charge on any atom is 0.200 e. The third kappa shape index (κ3) is 3.51. The zero-order valence-corrected chi connectivity index (χ0v) is 11.9. The first kappa shape index (κ1) is 13.4. The zero-order valence-electron chi connectivity index (χ0n) is 11.9. The molecule has 0 saturated carbocycles. The van der Waals surface area contributed by atoms with Crippen LogP contribution in [0.2, 0.25) is 0 Å². The summed E-state index contributed by atoms with van der Waals surface area (Å²) in [4.78, 5) is 4.46. The maximum atomic E-state index is 6.01. The molecule has 3 aromatic rings. The number of nitrogens with zero attached hydrogens (tertiary/aromatic N) is 2. The molecule has 0 unspecified atom stereocenters. The van der Waals surface area contributed by atoms with Gasteiger partial charge in [-0.05, 0) is 24.0 Å². The number of anilines is 1. The van der Waals surface area contributed by atoms with Crippen LogP contribution in [0.3, 0.4) is 0 Å². The predicted octanol–water partition coefficient (Wildman–Crippen LogP) is 3.30. The van der Waals surface area contributed by atoms with Crippen molar-refractivity contribution in [2.45, 2.75) is 19.4 Å². The molecule has 3 nitrogen and oxygen atoms in total. The molecule has 0 fully saturated rings. The number of rotatable bonds is 5. The van der Waals surface area contributed by atoms with Gasteiger partial charge in [-0.15, -0.1) is 0 Å². The largest absolute Gasteiger partial charge is 0.369 e. The lowest BCUT2D eigenvalue weighted by Crippen LogP contribution is -2.03. The molecule has 0 aliphatic rings. The first-order valence-corrected chi connectivity index (χ1v) is 7.20. The second-order valence-corrected chi connectivity index (χ2v) is 5.19. The van der Waals surface area contributed by atoms with Gasteiger partial charge < -0.3 is 10.3 Å². The van der Waals surface area contributed by atoms with Crippen molar-refractivity contribution < 1.29 is 0 Å². The number of hydrogen-bond donors (Lipinski definition) is 1. The van der Waals surface area contributed by atoms with Crippen LogP contribution in [0.4, 0.5) is 5.95 Å². The Bertz CT molecular complexity index is 687. The number of benzene rings is 2. The third-order valence-corrected chi connectivity index (χ3v) is 3.57. The van der Waals surface area contributed by atoms with Crippen LogP contribution >= 0.6 is 0 Å². The number of hydrogen-bond acceptors (Lipinski definition) is 2. The van der Waals surface area contributed by atoms with Crippen molar-refractivity contribution in [3.05, 3.63) is 83.7 Å². The second kappa shape index (κ2) is 6.27. The van der Waals surface area contributed by atoms with E-state index >= 15 is 0 Å². The summed E-state index contributed by atoms with van der Waals surface area (Å²) in [5.74, 6) is 0.585. The highest BCUT2D eigenvalue weighted by molar-refractivity contribution is 5.26. The zero-order chi connectivity index (χ0) is 14.5. The van der Waals surface area contributed by atoms with Crippen molar-refractivity contribution in [1.29, 1.82) is 0 Å². The molecule has 3 heteroatoms. The van der Waals surface area contributed by atoms with Crippen LogP contribution in [0.15, 0.2) is 66.9 Å². The van der Waals surface area contributed by atoms with Crippen molar-refractivity contribution in [3.8, 4) is 0 Å². The van der Waals surface area contributed by atoms with E-state index in [-0.39, 0.29) is 0 Å². The average Bonchev–Trinajstić information content (AvgIpc) is 2.87. The lowest BCUT2D eigenvalue weighted by atomic mass is 10.1. The molecular formula is C18H19N3. The molecule has 0 radical (unpaired) electrons. The summed E-state index contributed by atoms with van der Waals surface area (Å²) in [7, 11) is 0. The van der Waals surface area contributed by atoms with E-state index in [9.17, 15) is 0 Å². The molecule has 2 aromatic carbocycles. The molecule has 2 N–H and O–H groups in total. The number of nitrogen functional groups attached to an aromatic ring is 1. The van der Waals surface area contributed by atoms with E-state index in [0.29, 0.717) is 5.95 Å². The minimum Gasteiger partial charge on any atom is -0.369 e. The van der Waals surface area contributed by atoms with Gasteiger partial charge in [-0.2, -0.15) is 0 Å². The second-order valence-electron chi connectivity index (χ2n) is 5.19. The van der Waals surface area contributed by atoms with E-state index in [1.54, 1.807) is 0 Å². The van der Waals surface area contributed by atoms with Crippen molar-refractivity contribution in [2.24, 2.45) is 0 Å². The fraction of sp³-hybridized carbons (Fsp3) is 0.167. The summed E-state index contributed by atoms with van der Waals surface area (Å²) < 4.78 is 2.01. The van der Waals surface area contributed by atoms with E-state index in [2.05, 4.69) is 47.6 Å².